The lowest BCUT2D eigenvalue weighted by molar-refractivity contribution is -0.180. The average Bonchev–Trinajstić information content (AvgIpc) is 3.14. The maximum atomic E-state index is 14.3. The number of halogens is 4. The van der Waals surface area contributed by atoms with Crippen LogP contribution in [0.25, 0.3) is 23.0 Å². The number of aromatic nitrogens is 4. The van der Waals surface area contributed by atoms with Gasteiger partial charge in [-0.3, -0.25) is 5.10 Å². The molecule has 0 radical (unpaired) electrons. The molecule has 0 spiro atoms. The summed E-state index contributed by atoms with van der Waals surface area (Å²) in [5.74, 6) is -0.799. The Kier molecular flexibility index (Phi) is 3.89. The van der Waals surface area contributed by atoms with Crippen molar-refractivity contribution >= 4 is 0 Å². The van der Waals surface area contributed by atoms with E-state index in [0.29, 0.717) is 5.69 Å². The van der Waals surface area contributed by atoms with Crippen molar-refractivity contribution in [3.8, 4) is 23.0 Å². The lowest BCUT2D eigenvalue weighted by atomic mass is 9.83. The van der Waals surface area contributed by atoms with Crippen LogP contribution in [-0.4, -0.2) is 26.5 Å². The van der Waals surface area contributed by atoms with Crippen molar-refractivity contribution in [2.75, 3.05) is 0 Å². The maximum absolute atomic E-state index is 14.3. The molecule has 3 aromatic rings. The molecule has 0 aliphatic carbocycles. The Bertz CT molecular complexity index is 911. The minimum Gasteiger partial charge on any atom is -0.332 e. The highest BCUT2D eigenvalue weighted by Crippen LogP contribution is 2.42. The van der Waals surface area contributed by atoms with E-state index < -0.39 is 23.0 Å². The van der Waals surface area contributed by atoms with Crippen LogP contribution < -0.4 is 0 Å². The Balaban J connectivity index is 1.95. The van der Waals surface area contributed by atoms with Gasteiger partial charge in [-0.1, -0.05) is 17.3 Å². The highest BCUT2D eigenvalue weighted by molar-refractivity contribution is 5.59. The molecule has 0 saturated carbocycles. The van der Waals surface area contributed by atoms with E-state index in [1.165, 1.54) is 6.07 Å². The fraction of sp³-hybridized carbons (Fsp3) is 0.312. The van der Waals surface area contributed by atoms with Gasteiger partial charge in [0.25, 0.3) is 5.89 Å². The van der Waals surface area contributed by atoms with Gasteiger partial charge < -0.3 is 4.52 Å². The first-order valence-corrected chi connectivity index (χ1v) is 7.33. The smallest absolute Gasteiger partial charge is 0.332 e. The van der Waals surface area contributed by atoms with Crippen LogP contribution in [0.2, 0.25) is 0 Å². The second kappa shape index (κ2) is 5.68. The van der Waals surface area contributed by atoms with E-state index >= 15 is 0 Å². The van der Waals surface area contributed by atoms with E-state index in [1.54, 1.807) is 13.0 Å². The van der Waals surface area contributed by atoms with Crippen LogP contribution in [0.3, 0.4) is 0 Å². The molecule has 1 N–H and O–H groups in total. The van der Waals surface area contributed by atoms with Crippen molar-refractivity contribution in [2.45, 2.75) is 32.4 Å². The number of nitrogens with zero attached hydrogens (tertiary/aromatic N) is 3. The van der Waals surface area contributed by atoms with Gasteiger partial charge in [0.2, 0.25) is 5.82 Å². The Hall–Kier alpha value is -2.71. The van der Waals surface area contributed by atoms with E-state index in [9.17, 15) is 17.6 Å². The number of nitrogens with one attached hydrogen (secondary N) is 1. The highest BCUT2D eigenvalue weighted by Gasteiger charge is 2.49. The second-order valence-corrected chi connectivity index (χ2v) is 6.18. The average molecular weight is 354 g/mol. The molecule has 0 bridgehead atoms. The predicted octanol–water partition coefficient (Wildman–Crippen LogP) is 4.41. The van der Waals surface area contributed by atoms with Crippen molar-refractivity contribution in [2.24, 2.45) is 0 Å². The van der Waals surface area contributed by atoms with Gasteiger partial charge in [0.1, 0.15) is 5.82 Å². The molecule has 0 aliphatic heterocycles. The quantitative estimate of drug-likeness (QED) is 0.707. The molecule has 0 unspecified atom stereocenters. The van der Waals surface area contributed by atoms with Crippen molar-refractivity contribution in [3.63, 3.8) is 0 Å². The molecule has 5 nitrogen and oxygen atoms in total. The van der Waals surface area contributed by atoms with Gasteiger partial charge in [0.05, 0.1) is 5.41 Å². The molecule has 0 fully saturated rings. The summed E-state index contributed by atoms with van der Waals surface area (Å²) in [5, 5.41) is 10.4. The van der Waals surface area contributed by atoms with Gasteiger partial charge in [-0.2, -0.15) is 23.3 Å². The van der Waals surface area contributed by atoms with Gasteiger partial charge in [-0.25, -0.2) is 4.39 Å². The molecule has 0 atom stereocenters. The third-order valence-electron chi connectivity index (χ3n) is 3.96. The van der Waals surface area contributed by atoms with Crippen LogP contribution in [0.15, 0.2) is 28.8 Å². The summed E-state index contributed by atoms with van der Waals surface area (Å²) in [6.45, 7) is 3.65. The number of benzene rings is 1. The lowest BCUT2D eigenvalue weighted by Crippen LogP contribution is -2.37. The number of hydrogen-bond acceptors (Lipinski definition) is 4. The van der Waals surface area contributed by atoms with Gasteiger partial charge in [-0.05, 0) is 32.9 Å². The Labute approximate surface area is 140 Å². The standard InChI is InChI=1S/C16H14F4N4O/c1-8-6-12(23-22-8)14-21-13(24-25-14)9-4-5-10(11(17)7-9)15(2,3)16(18,19)20/h4-7H,1-3H3,(H,22,23). The zero-order valence-corrected chi connectivity index (χ0v) is 13.6. The predicted molar refractivity (Wildman–Crippen MR) is 81.1 cm³/mol. The van der Waals surface area contributed by atoms with Gasteiger partial charge in [-0.15, -0.1) is 0 Å². The minimum absolute atomic E-state index is 0.0610. The summed E-state index contributed by atoms with van der Waals surface area (Å²) in [7, 11) is 0. The molecule has 0 aliphatic rings. The zero-order chi connectivity index (χ0) is 18.4. The van der Waals surface area contributed by atoms with Gasteiger partial charge >= 0.3 is 6.18 Å². The number of H-pyrrole nitrogens is 1. The minimum atomic E-state index is -4.58. The Morgan fingerprint density at radius 3 is 2.40 bits per heavy atom. The van der Waals surface area contributed by atoms with Crippen molar-refractivity contribution in [1.82, 2.24) is 20.3 Å². The first-order chi connectivity index (χ1) is 11.6. The van der Waals surface area contributed by atoms with Crippen molar-refractivity contribution in [3.05, 3.63) is 41.3 Å². The van der Waals surface area contributed by atoms with E-state index in [0.717, 1.165) is 31.7 Å². The lowest BCUT2D eigenvalue weighted by Gasteiger charge is -2.28. The number of aryl methyl sites for hydroxylation is 1. The molecular formula is C16H14F4N4O. The van der Waals surface area contributed by atoms with Gasteiger partial charge in [0.15, 0.2) is 5.69 Å². The monoisotopic (exact) mass is 354 g/mol. The number of hydrogen-bond donors (Lipinski definition) is 1. The van der Waals surface area contributed by atoms with E-state index in [4.69, 9.17) is 4.52 Å². The fourth-order valence-corrected chi connectivity index (χ4v) is 2.29. The highest BCUT2D eigenvalue weighted by atomic mass is 19.4. The van der Waals surface area contributed by atoms with Crippen LogP contribution in [0.5, 0.6) is 0 Å². The Morgan fingerprint density at radius 2 is 1.84 bits per heavy atom. The molecule has 3 rings (SSSR count). The summed E-state index contributed by atoms with van der Waals surface area (Å²) in [6, 6.07) is 5.07. The van der Waals surface area contributed by atoms with Crippen molar-refractivity contribution in [1.29, 1.82) is 0 Å². The summed E-state index contributed by atoms with van der Waals surface area (Å²) < 4.78 is 58.7. The molecule has 1 aromatic carbocycles. The second-order valence-electron chi connectivity index (χ2n) is 6.18. The largest absolute Gasteiger partial charge is 0.398 e. The van der Waals surface area contributed by atoms with Gasteiger partial charge in [0, 0.05) is 16.8 Å². The molecule has 0 amide bonds. The van der Waals surface area contributed by atoms with E-state index in [-0.39, 0.29) is 17.3 Å². The van der Waals surface area contributed by atoms with Crippen LogP contribution in [-0.2, 0) is 5.41 Å². The summed E-state index contributed by atoms with van der Waals surface area (Å²) in [4.78, 5) is 4.10. The first-order valence-electron chi connectivity index (χ1n) is 7.33. The van der Waals surface area contributed by atoms with Crippen LogP contribution >= 0.6 is 0 Å². The molecule has 132 valence electrons. The van der Waals surface area contributed by atoms with E-state index in [2.05, 4.69) is 20.3 Å². The number of rotatable bonds is 3. The van der Waals surface area contributed by atoms with Crippen LogP contribution in [0, 0.1) is 12.7 Å². The Morgan fingerprint density at radius 1 is 1.12 bits per heavy atom. The molecule has 0 saturated heterocycles. The number of alkyl halides is 3. The zero-order valence-electron chi connectivity index (χ0n) is 13.6. The summed E-state index contributed by atoms with van der Waals surface area (Å²) in [6.07, 6.45) is -4.58. The van der Waals surface area contributed by atoms with Crippen LogP contribution in [0.4, 0.5) is 17.6 Å². The molecule has 9 heteroatoms. The third-order valence-corrected chi connectivity index (χ3v) is 3.96. The van der Waals surface area contributed by atoms with Crippen molar-refractivity contribution < 1.29 is 22.1 Å². The molecular weight excluding hydrogens is 340 g/mol. The molecule has 2 heterocycles. The topological polar surface area (TPSA) is 67.6 Å². The van der Waals surface area contributed by atoms with E-state index in [1.807, 2.05) is 0 Å². The molecule has 2 aromatic heterocycles. The first kappa shape index (κ1) is 17.1. The SMILES string of the molecule is Cc1cc(-c2nc(-c3ccc(C(C)(C)C(F)(F)F)c(F)c3)no2)n[nH]1. The summed E-state index contributed by atoms with van der Waals surface area (Å²) in [5.41, 5.74) is -1.34. The third kappa shape index (κ3) is 3.01. The summed E-state index contributed by atoms with van der Waals surface area (Å²) >= 11 is 0. The van der Waals surface area contributed by atoms with Crippen LogP contribution in [0.1, 0.15) is 25.1 Å². The fourth-order valence-electron chi connectivity index (χ4n) is 2.29. The maximum Gasteiger partial charge on any atom is 0.398 e. The normalized spacial score (nSPS) is 12.6. The molecule has 25 heavy (non-hydrogen) atoms. The number of aromatic amines is 1.